The Morgan fingerprint density at radius 3 is 0.793 bits per heavy atom. The van der Waals surface area contributed by atoms with Crippen LogP contribution in [0.3, 0.4) is 0 Å². The summed E-state index contributed by atoms with van der Waals surface area (Å²) in [6, 6.07) is 7.47. The molecule has 1 fully saturated rings. The standard InChI is InChI=1S/C59H74F6O20S2/c1-55-45(37-47(86-55)39-31-41(51(66)82-27-23-78-19-15-74-11-7-70-3)35-42(32-39)52(67)83-28-24-79-20-16-75-12-8-71-4)49-50(58(62,63)59(64,65)57(49,60)61)46-38-48(87-56(46,55)2)40-33-43(53(68)84-29-25-80-21-17-76-13-9-72-5)36-44(34-40)54(69)85-30-26-81-22-18-77-14-10-73-6/h31-38H,7-30H2,1-6H3/t55-,56-/m1/s1. The molecule has 0 amide bonds. The highest BCUT2D eigenvalue weighted by atomic mass is 32.2. The molecule has 0 unspecified atom stereocenters. The molecule has 87 heavy (non-hydrogen) atoms. The molecular formula is C59H74F6O20S2. The van der Waals surface area contributed by atoms with Crippen molar-refractivity contribution >= 4 is 57.2 Å². The summed E-state index contributed by atoms with van der Waals surface area (Å²) in [6.07, 6.45) is 2.16. The minimum Gasteiger partial charge on any atom is -0.460 e. The zero-order chi connectivity index (χ0) is 63.1. The molecule has 28 heteroatoms. The van der Waals surface area contributed by atoms with Gasteiger partial charge in [-0.1, -0.05) is 0 Å². The van der Waals surface area contributed by atoms with Crippen LogP contribution in [0, 0.1) is 0 Å². The summed E-state index contributed by atoms with van der Waals surface area (Å²) in [5.41, 5.74) is -5.23. The molecule has 0 bridgehead atoms. The number of hydrogen-bond donors (Lipinski definition) is 0. The van der Waals surface area contributed by atoms with E-state index in [2.05, 4.69) is 0 Å². The van der Waals surface area contributed by atoms with Gasteiger partial charge in [0.05, 0.1) is 164 Å². The molecule has 1 saturated carbocycles. The van der Waals surface area contributed by atoms with E-state index in [1.165, 1.54) is 78.7 Å². The third-order valence-electron chi connectivity index (χ3n) is 13.8. The first-order valence-corrected chi connectivity index (χ1v) is 29.4. The SMILES string of the molecule is COCCOCCOCCOC(=O)c1cc(C(=O)OCCOCCOCCOC)cc(C2=CC3=C4C(=C5C=C(c6cc(C(=O)OCCOCCOCCOC)cc(C(=O)OCCOCCOCCOC)c6)S[C@@]5(C)[C@]3(C)S2)C(F)(F)C(F)(F)C4(F)F)c1. The van der Waals surface area contributed by atoms with Crippen LogP contribution in [0.2, 0.25) is 0 Å². The van der Waals surface area contributed by atoms with E-state index in [0.717, 1.165) is 35.7 Å². The number of halogens is 6. The Kier molecular flexibility index (Phi) is 28.1. The van der Waals surface area contributed by atoms with Crippen molar-refractivity contribution in [2.24, 2.45) is 0 Å². The van der Waals surface area contributed by atoms with Crippen molar-refractivity contribution in [1.82, 2.24) is 0 Å². The highest BCUT2D eigenvalue weighted by molar-refractivity contribution is 8.14. The first-order valence-electron chi connectivity index (χ1n) is 27.8. The lowest BCUT2D eigenvalue weighted by Crippen LogP contribution is -2.48. The Hall–Kier alpha value is -4.92. The molecule has 0 radical (unpaired) electrons. The van der Waals surface area contributed by atoms with E-state index in [4.69, 9.17) is 75.8 Å². The molecule has 2 aromatic rings. The van der Waals surface area contributed by atoms with E-state index >= 15 is 26.3 Å². The van der Waals surface area contributed by atoms with Crippen molar-refractivity contribution in [3.8, 4) is 0 Å². The Bertz CT molecular complexity index is 2490. The Labute approximate surface area is 509 Å². The van der Waals surface area contributed by atoms with Gasteiger partial charge in [-0.15, -0.1) is 23.5 Å². The number of ether oxygens (including phenoxy) is 16. The molecule has 6 rings (SSSR count). The number of fused-ring (bicyclic) bond motifs is 4. The topological polar surface area (TPSA) is 216 Å². The number of rotatable bonds is 42. The summed E-state index contributed by atoms with van der Waals surface area (Å²) in [7, 11) is 6.11. The lowest BCUT2D eigenvalue weighted by atomic mass is 9.71. The molecule has 2 aromatic carbocycles. The molecule has 2 atom stereocenters. The molecule has 0 aromatic heterocycles. The van der Waals surface area contributed by atoms with Crippen molar-refractivity contribution in [2.45, 2.75) is 41.1 Å². The smallest absolute Gasteiger partial charge is 0.380 e. The average molecular weight is 1280 g/mol. The van der Waals surface area contributed by atoms with Gasteiger partial charge >= 0.3 is 41.6 Å². The Morgan fingerprint density at radius 1 is 0.345 bits per heavy atom. The van der Waals surface area contributed by atoms with Crippen molar-refractivity contribution in [3.63, 3.8) is 0 Å². The summed E-state index contributed by atoms with van der Waals surface area (Å²) < 4.78 is 180. The first-order chi connectivity index (χ1) is 41.7. The fourth-order valence-electron chi connectivity index (χ4n) is 9.17. The number of methoxy groups -OCH3 is 4. The van der Waals surface area contributed by atoms with Crippen molar-refractivity contribution in [3.05, 3.63) is 104 Å². The van der Waals surface area contributed by atoms with Gasteiger partial charge in [-0.05, 0) is 84.7 Å². The van der Waals surface area contributed by atoms with Crippen molar-refractivity contribution in [1.29, 1.82) is 0 Å². The van der Waals surface area contributed by atoms with Gasteiger partial charge < -0.3 is 75.8 Å². The predicted molar refractivity (Wildman–Crippen MR) is 305 cm³/mol. The highest BCUT2D eigenvalue weighted by Gasteiger charge is 2.84. The summed E-state index contributed by atoms with van der Waals surface area (Å²) in [5, 5.41) is 0. The summed E-state index contributed by atoms with van der Waals surface area (Å²) >= 11 is 1.69. The number of alkyl halides is 6. The minimum atomic E-state index is -5.94. The normalized spacial score (nSPS) is 19.6. The van der Waals surface area contributed by atoms with Gasteiger partial charge in [-0.3, -0.25) is 0 Å². The number of thioether (sulfide) groups is 2. The number of carbonyl (C=O) groups excluding carboxylic acids is 4. The van der Waals surface area contributed by atoms with Gasteiger partial charge in [0.2, 0.25) is 0 Å². The maximum absolute atomic E-state index is 16.6. The van der Waals surface area contributed by atoms with E-state index in [1.54, 1.807) is 0 Å². The monoisotopic (exact) mass is 1280 g/mol. The van der Waals surface area contributed by atoms with E-state index < -0.39 is 73.4 Å². The van der Waals surface area contributed by atoms with Crippen LogP contribution in [0.15, 0.2) is 70.8 Å². The fraction of sp³-hybridized carbons (Fsp3) is 0.593. The van der Waals surface area contributed by atoms with Crippen LogP contribution in [0.25, 0.3) is 9.81 Å². The largest absolute Gasteiger partial charge is 0.460 e. The molecule has 4 aliphatic rings. The van der Waals surface area contributed by atoms with Gasteiger partial charge in [-0.2, -0.15) is 26.3 Å². The Balaban J connectivity index is 1.33. The van der Waals surface area contributed by atoms with Crippen LogP contribution in [-0.4, -0.2) is 238 Å². The second kappa shape index (κ2) is 34.3. The molecule has 0 spiro atoms. The zero-order valence-corrected chi connectivity index (χ0v) is 51.0. The van der Waals surface area contributed by atoms with Crippen LogP contribution in [0.5, 0.6) is 0 Å². The van der Waals surface area contributed by atoms with Crippen LogP contribution in [-0.2, 0) is 75.8 Å². The first kappa shape index (κ1) is 71.2. The van der Waals surface area contributed by atoms with Crippen LogP contribution >= 0.6 is 23.5 Å². The second-order valence-electron chi connectivity index (χ2n) is 19.6. The van der Waals surface area contributed by atoms with Gasteiger partial charge in [-0.25, -0.2) is 19.2 Å². The molecule has 2 aliphatic carbocycles. The summed E-state index contributed by atoms with van der Waals surface area (Å²) in [4.78, 5) is 55.1. The lowest BCUT2D eigenvalue weighted by molar-refractivity contribution is -0.258. The third-order valence-corrected chi connectivity index (χ3v) is 17.1. The molecular weight excluding hydrogens is 1210 g/mol. The predicted octanol–water partition coefficient (Wildman–Crippen LogP) is 7.95. The van der Waals surface area contributed by atoms with Crippen LogP contribution in [0.4, 0.5) is 26.3 Å². The average Bonchev–Trinajstić information content (AvgIpc) is 1.51. The quantitative estimate of drug-likeness (QED) is 0.0267. The molecule has 2 heterocycles. The highest BCUT2D eigenvalue weighted by Crippen LogP contribution is 2.75. The van der Waals surface area contributed by atoms with E-state index in [9.17, 15) is 19.2 Å². The summed E-state index contributed by atoms with van der Waals surface area (Å²) in [6.45, 7) is 6.04. The number of carbonyl (C=O) groups is 4. The minimum absolute atomic E-state index is 0.0118. The molecule has 2 aliphatic heterocycles. The Morgan fingerprint density at radius 2 is 0.563 bits per heavy atom. The van der Waals surface area contributed by atoms with E-state index in [0.29, 0.717) is 52.9 Å². The van der Waals surface area contributed by atoms with Crippen LogP contribution in [0.1, 0.15) is 66.4 Å². The van der Waals surface area contributed by atoms with E-state index in [1.807, 2.05) is 0 Å². The van der Waals surface area contributed by atoms with Crippen molar-refractivity contribution in [2.75, 3.05) is 187 Å². The maximum atomic E-state index is 16.6. The summed E-state index contributed by atoms with van der Waals surface area (Å²) in [5.74, 6) is -20.7. The molecule has 0 saturated heterocycles. The zero-order valence-electron chi connectivity index (χ0n) is 49.3. The fourth-order valence-corrected chi connectivity index (χ4v) is 12.3. The number of hydrogen-bond acceptors (Lipinski definition) is 22. The van der Waals surface area contributed by atoms with Crippen LogP contribution < -0.4 is 0 Å². The van der Waals surface area contributed by atoms with Gasteiger partial charge in [0.25, 0.3) is 0 Å². The molecule has 0 N–H and O–H groups in total. The molecule has 20 nitrogen and oxygen atoms in total. The lowest BCUT2D eigenvalue weighted by Gasteiger charge is -2.47. The number of benzene rings is 2. The van der Waals surface area contributed by atoms with Gasteiger partial charge in [0.1, 0.15) is 26.4 Å². The van der Waals surface area contributed by atoms with Gasteiger partial charge in [0.15, 0.2) is 0 Å². The van der Waals surface area contributed by atoms with Crippen molar-refractivity contribution < 1.29 is 121 Å². The van der Waals surface area contributed by atoms with E-state index in [-0.39, 0.29) is 149 Å². The van der Waals surface area contributed by atoms with Gasteiger partial charge in [0, 0.05) is 49.4 Å². The third kappa shape index (κ3) is 17.9. The number of esters is 4. The number of allylic oxidation sites excluding steroid dienone is 4. The maximum Gasteiger partial charge on any atom is 0.380 e. The second-order valence-corrected chi connectivity index (χ2v) is 22.5. The molecule has 484 valence electrons.